The third-order valence-corrected chi connectivity index (χ3v) is 6.81. The SMILES string of the molecule is COc1ccc(S(=O)(=O)Nc2nnc(CN3C(=O)c4ccccc4C3=O)s2)cc1OC. The molecule has 12 heteroatoms. The molecule has 2 heterocycles. The number of nitrogens with zero attached hydrogens (tertiary/aromatic N) is 3. The molecule has 0 saturated heterocycles. The second-order valence-corrected chi connectivity index (χ2v) is 9.11. The lowest BCUT2D eigenvalue weighted by Crippen LogP contribution is -2.29. The van der Waals surface area contributed by atoms with Crippen LogP contribution in [-0.2, 0) is 16.6 Å². The number of imide groups is 1. The molecule has 1 aliphatic heterocycles. The molecular weight excluding hydrogens is 444 g/mol. The van der Waals surface area contributed by atoms with Crippen LogP contribution in [0, 0.1) is 0 Å². The standard InChI is InChI=1S/C19H16N4O6S2/c1-28-14-8-7-11(9-15(14)29-2)31(26,27)22-19-21-20-16(30-19)10-23-17(24)12-5-3-4-6-13(12)18(23)25/h3-9H,10H2,1-2H3,(H,21,22). The summed E-state index contributed by atoms with van der Waals surface area (Å²) in [5, 5.41) is 8.02. The van der Waals surface area contributed by atoms with Crippen LogP contribution in [0.15, 0.2) is 47.4 Å². The largest absolute Gasteiger partial charge is 0.493 e. The minimum absolute atomic E-state index is 0.00129. The average molecular weight is 460 g/mol. The summed E-state index contributed by atoms with van der Waals surface area (Å²) in [5.74, 6) is -0.207. The smallest absolute Gasteiger partial charge is 0.263 e. The van der Waals surface area contributed by atoms with Gasteiger partial charge in [0.25, 0.3) is 21.8 Å². The van der Waals surface area contributed by atoms with Gasteiger partial charge in [-0.15, -0.1) is 10.2 Å². The summed E-state index contributed by atoms with van der Waals surface area (Å²) in [6.07, 6.45) is 0. The number of nitrogens with one attached hydrogen (secondary N) is 1. The fourth-order valence-corrected chi connectivity index (χ4v) is 5.01. The molecule has 160 valence electrons. The molecule has 10 nitrogen and oxygen atoms in total. The maximum Gasteiger partial charge on any atom is 0.263 e. The van der Waals surface area contributed by atoms with Crippen LogP contribution in [0.5, 0.6) is 11.5 Å². The topological polar surface area (TPSA) is 128 Å². The molecule has 0 radical (unpaired) electrons. The quantitative estimate of drug-likeness (QED) is 0.531. The molecule has 3 aromatic rings. The van der Waals surface area contributed by atoms with E-state index < -0.39 is 21.8 Å². The number of rotatable bonds is 7. The van der Waals surface area contributed by atoms with Crippen LogP contribution in [0.3, 0.4) is 0 Å². The normalized spacial score (nSPS) is 13.3. The predicted octanol–water partition coefficient (Wildman–Crippen LogP) is 2.15. The Balaban J connectivity index is 1.51. The van der Waals surface area contributed by atoms with E-state index in [1.165, 1.54) is 32.4 Å². The van der Waals surface area contributed by atoms with Crippen molar-refractivity contribution >= 4 is 38.3 Å². The predicted molar refractivity (Wildman–Crippen MR) is 111 cm³/mol. The number of carbonyl (C=O) groups is 2. The highest BCUT2D eigenvalue weighted by molar-refractivity contribution is 7.93. The zero-order chi connectivity index (χ0) is 22.2. The highest BCUT2D eigenvalue weighted by atomic mass is 32.2. The molecule has 0 aliphatic carbocycles. The first-order valence-electron chi connectivity index (χ1n) is 8.86. The van der Waals surface area contributed by atoms with Crippen molar-refractivity contribution in [1.82, 2.24) is 15.1 Å². The number of ether oxygens (including phenoxy) is 2. The maximum absolute atomic E-state index is 12.7. The van der Waals surface area contributed by atoms with Crippen molar-refractivity contribution in [3.8, 4) is 11.5 Å². The van der Waals surface area contributed by atoms with E-state index in [9.17, 15) is 18.0 Å². The monoisotopic (exact) mass is 460 g/mol. The lowest BCUT2D eigenvalue weighted by molar-refractivity contribution is 0.0642. The molecule has 1 aliphatic rings. The Kier molecular flexibility index (Phi) is 5.33. The number of carbonyl (C=O) groups excluding carboxylic acids is 2. The van der Waals surface area contributed by atoms with E-state index in [4.69, 9.17) is 9.47 Å². The van der Waals surface area contributed by atoms with Crippen LogP contribution >= 0.6 is 11.3 Å². The Bertz CT molecular complexity index is 1250. The molecular formula is C19H16N4O6S2. The van der Waals surface area contributed by atoms with Crippen LogP contribution in [0.2, 0.25) is 0 Å². The molecule has 0 bridgehead atoms. The van der Waals surface area contributed by atoms with E-state index in [0.29, 0.717) is 21.9 Å². The highest BCUT2D eigenvalue weighted by Crippen LogP contribution is 2.31. The zero-order valence-electron chi connectivity index (χ0n) is 16.4. The Morgan fingerprint density at radius 2 is 1.61 bits per heavy atom. The summed E-state index contributed by atoms with van der Waals surface area (Å²) in [6.45, 7) is -0.109. The van der Waals surface area contributed by atoms with Crippen LogP contribution in [0.4, 0.5) is 5.13 Å². The fourth-order valence-electron chi connectivity index (χ4n) is 3.03. The number of sulfonamides is 1. The van der Waals surface area contributed by atoms with Gasteiger partial charge in [0.15, 0.2) is 11.5 Å². The molecule has 31 heavy (non-hydrogen) atoms. The van der Waals surface area contributed by atoms with Crippen molar-refractivity contribution in [3.63, 3.8) is 0 Å². The van der Waals surface area contributed by atoms with Crippen molar-refractivity contribution in [2.24, 2.45) is 0 Å². The van der Waals surface area contributed by atoms with Gasteiger partial charge in [-0.3, -0.25) is 19.2 Å². The minimum Gasteiger partial charge on any atom is -0.493 e. The first kappa shape index (κ1) is 20.8. The van der Waals surface area contributed by atoms with Crippen LogP contribution < -0.4 is 14.2 Å². The molecule has 0 unspecified atom stereocenters. The Morgan fingerprint density at radius 3 is 2.23 bits per heavy atom. The van der Waals surface area contributed by atoms with E-state index in [1.54, 1.807) is 24.3 Å². The van der Waals surface area contributed by atoms with Gasteiger partial charge in [-0.25, -0.2) is 8.42 Å². The van der Waals surface area contributed by atoms with Gasteiger partial charge in [0, 0.05) is 6.07 Å². The number of methoxy groups -OCH3 is 2. The number of hydrogen-bond acceptors (Lipinski definition) is 9. The van der Waals surface area contributed by atoms with Gasteiger partial charge >= 0.3 is 0 Å². The molecule has 1 N–H and O–H groups in total. The van der Waals surface area contributed by atoms with Gasteiger partial charge in [0.05, 0.1) is 36.8 Å². The number of benzene rings is 2. The van der Waals surface area contributed by atoms with Crippen LogP contribution in [0.25, 0.3) is 0 Å². The van der Waals surface area contributed by atoms with Crippen molar-refractivity contribution in [1.29, 1.82) is 0 Å². The van der Waals surface area contributed by atoms with Gasteiger partial charge in [0.2, 0.25) is 5.13 Å². The molecule has 0 fully saturated rings. The molecule has 2 aromatic carbocycles. The van der Waals surface area contributed by atoms with Gasteiger partial charge < -0.3 is 9.47 Å². The van der Waals surface area contributed by atoms with E-state index in [1.807, 2.05) is 0 Å². The van der Waals surface area contributed by atoms with Gasteiger partial charge in [-0.05, 0) is 24.3 Å². The lowest BCUT2D eigenvalue weighted by Gasteiger charge is -2.11. The average Bonchev–Trinajstić information content (AvgIpc) is 3.31. The molecule has 1 aromatic heterocycles. The molecule has 0 saturated carbocycles. The zero-order valence-corrected chi connectivity index (χ0v) is 18.0. The molecule has 4 rings (SSSR count). The number of hydrogen-bond donors (Lipinski definition) is 1. The number of anilines is 1. The summed E-state index contributed by atoms with van der Waals surface area (Å²) >= 11 is 0.927. The molecule has 0 atom stereocenters. The second-order valence-electron chi connectivity index (χ2n) is 6.37. The summed E-state index contributed by atoms with van der Waals surface area (Å²) in [6, 6.07) is 10.7. The Morgan fingerprint density at radius 1 is 0.968 bits per heavy atom. The Hall–Kier alpha value is -3.51. The number of amides is 2. The highest BCUT2D eigenvalue weighted by Gasteiger charge is 2.35. The number of aromatic nitrogens is 2. The number of fused-ring (bicyclic) bond motifs is 1. The first-order valence-corrected chi connectivity index (χ1v) is 11.2. The summed E-state index contributed by atoms with van der Waals surface area (Å²) in [7, 11) is -1.13. The van der Waals surface area contributed by atoms with Crippen LogP contribution in [-0.4, -0.2) is 49.5 Å². The lowest BCUT2D eigenvalue weighted by atomic mass is 10.1. The van der Waals surface area contributed by atoms with Gasteiger partial charge in [-0.1, -0.05) is 23.5 Å². The molecule has 0 spiro atoms. The van der Waals surface area contributed by atoms with E-state index in [0.717, 1.165) is 16.2 Å². The summed E-state index contributed by atoms with van der Waals surface area (Å²) in [4.78, 5) is 25.9. The fraction of sp³-hybridized carbons (Fsp3) is 0.158. The maximum atomic E-state index is 12.7. The van der Waals surface area contributed by atoms with E-state index in [2.05, 4.69) is 14.9 Å². The van der Waals surface area contributed by atoms with Crippen molar-refractivity contribution in [3.05, 3.63) is 58.6 Å². The second kappa shape index (κ2) is 7.96. The minimum atomic E-state index is -3.98. The Labute approximate surface area is 181 Å². The van der Waals surface area contributed by atoms with Crippen molar-refractivity contribution in [2.75, 3.05) is 18.9 Å². The van der Waals surface area contributed by atoms with Crippen molar-refractivity contribution < 1.29 is 27.5 Å². The van der Waals surface area contributed by atoms with E-state index in [-0.39, 0.29) is 22.3 Å². The summed E-state index contributed by atoms with van der Waals surface area (Å²) in [5.41, 5.74) is 0.651. The van der Waals surface area contributed by atoms with Crippen LogP contribution in [0.1, 0.15) is 25.7 Å². The van der Waals surface area contributed by atoms with Gasteiger partial charge in [-0.2, -0.15) is 0 Å². The van der Waals surface area contributed by atoms with E-state index >= 15 is 0 Å². The molecule has 2 amide bonds. The van der Waals surface area contributed by atoms with Gasteiger partial charge in [0.1, 0.15) is 5.01 Å². The third-order valence-electron chi connectivity index (χ3n) is 4.53. The van der Waals surface area contributed by atoms with Crippen molar-refractivity contribution in [2.45, 2.75) is 11.4 Å². The third kappa shape index (κ3) is 3.82. The summed E-state index contributed by atoms with van der Waals surface area (Å²) < 4.78 is 38.0. The first-order chi connectivity index (χ1) is 14.8.